The van der Waals surface area contributed by atoms with Gasteiger partial charge in [-0.05, 0) is 46.6 Å². The molecular weight excluding hydrogens is 346 g/mol. The van der Waals surface area contributed by atoms with Crippen molar-refractivity contribution in [2.75, 3.05) is 0 Å². The number of halogens is 3. The van der Waals surface area contributed by atoms with E-state index >= 15 is 0 Å². The van der Waals surface area contributed by atoms with Crippen LogP contribution < -0.4 is 4.74 Å². The number of carboxylic acids is 1. The molecule has 1 N–H and O–H groups in total. The molecule has 0 aliphatic heterocycles. The minimum atomic E-state index is -1.16. The molecule has 0 spiro atoms. The fourth-order valence-electron chi connectivity index (χ4n) is 1.86. The summed E-state index contributed by atoms with van der Waals surface area (Å²) < 4.78 is 32.9. The number of rotatable bonds is 4. The molecule has 0 amide bonds. The minimum absolute atomic E-state index is 0.0502. The standard InChI is InChI=1S/C15H11BrF2O3/c1-8-3-2-4-9(15(19)20)14(8)21-7-10-12(17)6-5-11(16)13(10)18/h2-6H,7H2,1H3,(H,19,20). The van der Waals surface area contributed by atoms with Crippen molar-refractivity contribution in [2.24, 2.45) is 0 Å². The molecule has 0 aliphatic carbocycles. The zero-order valence-electron chi connectivity index (χ0n) is 11.0. The van der Waals surface area contributed by atoms with Crippen molar-refractivity contribution in [3.8, 4) is 5.75 Å². The van der Waals surface area contributed by atoms with Crippen LogP contribution in [0.4, 0.5) is 8.78 Å². The molecule has 0 saturated carbocycles. The second-order valence-corrected chi connectivity index (χ2v) is 5.22. The first-order valence-corrected chi connectivity index (χ1v) is 6.79. The van der Waals surface area contributed by atoms with Crippen molar-refractivity contribution in [1.82, 2.24) is 0 Å². The highest BCUT2D eigenvalue weighted by Crippen LogP contribution is 2.27. The van der Waals surface area contributed by atoms with Crippen LogP contribution in [-0.2, 0) is 6.61 Å². The smallest absolute Gasteiger partial charge is 0.339 e. The second-order valence-electron chi connectivity index (χ2n) is 4.37. The van der Waals surface area contributed by atoms with Crippen LogP contribution in [0, 0.1) is 18.6 Å². The van der Waals surface area contributed by atoms with Gasteiger partial charge in [-0.3, -0.25) is 0 Å². The summed E-state index contributed by atoms with van der Waals surface area (Å²) in [6.07, 6.45) is 0. The average molecular weight is 357 g/mol. The van der Waals surface area contributed by atoms with Gasteiger partial charge in [0.2, 0.25) is 0 Å². The summed E-state index contributed by atoms with van der Waals surface area (Å²) in [7, 11) is 0. The molecule has 0 aromatic heterocycles. The lowest BCUT2D eigenvalue weighted by Gasteiger charge is -2.13. The molecule has 0 fully saturated rings. The number of hydrogen-bond donors (Lipinski definition) is 1. The number of benzene rings is 2. The maximum Gasteiger partial charge on any atom is 0.339 e. The van der Waals surface area contributed by atoms with Crippen molar-refractivity contribution in [3.63, 3.8) is 0 Å². The van der Waals surface area contributed by atoms with Gasteiger partial charge in [-0.25, -0.2) is 13.6 Å². The molecular formula is C15H11BrF2O3. The largest absolute Gasteiger partial charge is 0.487 e. The first-order valence-electron chi connectivity index (χ1n) is 6.00. The number of carboxylic acid groups (broad SMARTS) is 1. The molecule has 2 aromatic carbocycles. The van der Waals surface area contributed by atoms with E-state index in [1.54, 1.807) is 19.1 Å². The highest BCUT2D eigenvalue weighted by molar-refractivity contribution is 9.10. The lowest BCUT2D eigenvalue weighted by molar-refractivity contribution is 0.0691. The normalized spacial score (nSPS) is 10.5. The Balaban J connectivity index is 2.34. The molecule has 2 rings (SSSR count). The third-order valence-corrected chi connectivity index (χ3v) is 3.55. The van der Waals surface area contributed by atoms with E-state index < -0.39 is 24.2 Å². The van der Waals surface area contributed by atoms with Crippen molar-refractivity contribution in [2.45, 2.75) is 13.5 Å². The van der Waals surface area contributed by atoms with Gasteiger partial charge in [0.25, 0.3) is 0 Å². The number of hydrogen-bond acceptors (Lipinski definition) is 2. The maximum absolute atomic E-state index is 13.8. The first kappa shape index (κ1) is 15.4. The van der Waals surface area contributed by atoms with Crippen LogP contribution in [0.15, 0.2) is 34.8 Å². The summed E-state index contributed by atoms with van der Waals surface area (Å²) in [5.41, 5.74) is 0.264. The molecule has 0 radical (unpaired) electrons. The number of ether oxygens (including phenoxy) is 1. The predicted molar refractivity (Wildman–Crippen MR) is 76.5 cm³/mol. The summed E-state index contributed by atoms with van der Waals surface area (Å²) >= 11 is 2.97. The molecule has 110 valence electrons. The van der Waals surface area contributed by atoms with Crippen LogP contribution in [-0.4, -0.2) is 11.1 Å². The van der Waals surface area contributed by atoms with Crippen molar-refractivity contribution >= 4 is 21.9 Å². The fraction of sp³-hybridized carbons (Fsp3) is 0.133. The Kier molecular flexibility index (Phi) is 4.57. The molecule has 2 aromatic rings. The highest BCUT2D eigenvalue weighted by Gasteiger charge is 2.17. The van der Waals surface area contributed by atoms with Gasteiger partial charge < -0.3 is 9.84 Å². The van der Waals surface area contributed by atoms with E-state index in [1.807, 2.05) is 0 Å². The molecule has 0 bridgehead atoms. The monoisotopic (exact) mass is 356 g/mol. The molecule has 21 heavy (non-hydrogen) atoms. The van der Waals surface area contributed by atoms with Gasteiger partial charge in [0.15, 0.2) is 0 Å². The Morgan fingerprint density at radius 2 is 2.00 bits per heavy atom. The van der Waals surface area contributed by atoms with E-state index in [4.69, 9.17) is 9.84 Å². The zero-order chi connectivity index (χ0) is 15.6. The molecule has 0 unspecified atom stereocenters. The molecule has 0 atom stereocenters. The van der Waals surface area contributed by atoms with Crippen LogP contribution in [0.25, 0.3) is 0 Å². The SMILES string of the molecule is Cc1cccc(C(=O)O)c1OCc1c(F)ccc(Br)c1F. The van der Waals surface area contributed by atoms with Crippen LogP contribution in [0.2, 0.25) is 0 Å². The van der Waals surface area contributed by atoms with Gasteiger partial charge in [0.1, 0.15) is 29.6 Å². The molecule has 6 heteroatoms. The summed E-state index contributed by atoms with van der Waals surface area (Å²) in [4.78, 5) is 11.1. The van der Waals surface area contributed by atoms with Gasteiger partial charge in [-0.2, -0.15) is 0 Å². The Hall–Kier alpha value is -1.95. The summed E-state index contributed by atoms with van der Waals surface area (Å²) in [6, 6.07) is 6.98. The Labute approximate surface area is 128 Å². The first-order chi connectivity index (χ1) is 9.91. The van der Waals surface area contributed by atoms with E-state index in [9.17, 15) is 13.6 Å². The van der Waals surface area contributed by atoms with Crippen LogP contribution >= 0.6 is 15.9 Å². The number of carbonyl (C=O) groups is 1. The highest BCUT2D eigenvalue weighted by atomic mass is 79.9. The molecule has 0 saturated heterocycles. The second kappa shape index (κ2) is 6.22. The topological polar surface area (TPSA) is 46.5 Å². The Bertz CT molecular complexity index is 702. The van der Waals surface area contributed by atoms with Gasteiger partial charge in [0.05, 0.1) is 10.0 Å². The fourth-order valence-corrected chi connectivity index (χ4v) is 2.23. The Morgan fingerprint density at radius 1 is 1.29 bits per heavy atom. The van der Waals surface area contributed by atoms with E-state index in [0.717, 1.165) is 6.07 Å². The van der Waals surface area contributed by atoms with Crippen LogP contribution in [0.5, 0.6) is 5.75 Å². The van der Waals surface area contributed by atoms with Crippen molar-refractivity contribution < 1.29 is 23.4 Å². The van der Waals surface area contributed by atoms with Crippen molar-refractivity contribution in [1.29, 1.82) is 0 Å². The maximum atomic E-state index is 13.8. The van der Waals surface area contributed by atoms with E-state index in [1.165, 1.54) is 12.1 Å². The minimum Gasteiger partial charge on any atom is -0.487 e. The number of para-hydroxylation sites is 1. The van der Waals surface area contributed by atoms with Crippen LogP contribution in [0.1, 0.15) is 21.5 Å². The molecule has 3 nitrogen and oxygen atoms in total. The third-order valence-electron chi connectivity index (χ3n) is 2.94. The van der Waals surface area contributed by atoms with Crippen molar-refractivity contribution in [3.05, 3.63) is 63.1 Å². The van der Waals surface area contributed by atoms with E-state index in [2.05, 4.69) is 15.9 Å². The quantitative estimate of drug-likeness (QED) is 0.830. The van der Waals surface area contributed by atoms with Gasteiger partial charge >= 0.3 is 5.97 Å². The van der Waals surface area contributed by atoms with Gasteiger partial charge in [-0.15, -0.1) is 0 Å². The summed E-state index contributed by atoms with van der Waals surface area (Å²) in [5.74, 6) is -2.57. The molecule has 0 aliphatic rings. The van der Waals surface area contributed by atoms with E-state index in [0.29, 0.717) is 5.56 Å². The third kappa shape index (κ3) is 3.21. The Morgan fingerprint density at radius 3 is 2.67 bits per heavy atom. The lowest BCUT2D eigenvalue weighted by atomic mass is 10.1. The summed E-state index contributed by atoms with van der Waals surface area (Å²) in [6.45, 7) is 1.26. The van der Waals surface area contributed by atoms with Crippen LogP contribution in [0.3, 0.4) is 0 Å². The number of aryl methyl sites for hydroxylation is 1. The summed E-state index contributed by atoms with van der Waals surface area (Å²) in [5, 5.41) is 9.10. The van der Waals surface area contributed by atoms with Gasteiger partial charge in [0, 0.05) is 0 Å². The average Bonchev–Trinajstić information content (AvgIpc) is 2.44. The predicted octanol–water partition coefficient (Wildman–Crippen LogP) is 4.31. The number of aromatic carboxylic acids is 1. The van der Waals surface area contributed by atoms with E-state index in [-0.39, 0.29) is 21.3 Å². The van der Waals surface area contributed by atoms with Gasteiger partial charge in [-0.1, -0.05) is 12.1 Å². The lowest BCUT2D eigenvalue weighted by Crippen LogP contribution is -2.07. The molecule has 0 heterocycles. The zero-order valence-corrected chi connectivity index (χ0v) is 12.6.